The number of hydrogen-bond donors (Lipinski definition) is 1. The van der Waals surface area contributed by atoms with E-state index in [0.717, 1.165) is 23.1 Å². The highest BCUT2D eigenvalue weighted by atomic mass is 32.1. The van der Waals surface area contributed by atoms with Crippen LogP contribution >= 0.6 is 11.3 Å². The number of ether oxygens (including phenoxy) is 2. The van der Waals surface area contributed by atoms with Gasteiger partial charge in [0.15, 0.2) is 11.5 Å². The molecule has 0 saturated heterocycles. The van der Waals surface area contributed by atoms with Crippen LogP contribution in [-0.2, 0) is 6.54 Å². The first-order valence-electron chi connectivity index (χ1n) is 9.50. The van der Waals surface area contributed by atoms with E-state index in [1.807, 2.05) is 18.3 Å². The summed E-state index contributed by atoms with van der Waals surface area (Å²) >= 11 is 1.76. The van der Waals surface area contributed by atoms with Crippen molar-refractivity contribution in [3.63, 3.8) is 0 Å². The third kappa shape index (κ3) is 3.70. The fourth-order valence-electron chi connectivity index (χ4n) is 3.55. The lowest BCUT2D eigenvalue weighted by Crippen LogP contribution is -2.23. The number of thiazole rings is 1. The third-order valence-electron chi connectivity index (χ3n) is 5.09. The van der Waals surface area contributed by atoms with Crippen molar-refractivity contribution in [3.8, 4) is 22.1 Å². The Morgan fingerprint density at radius 3 is 2.67 bits per heavy atom. The van der Waals surface area contributed by atoms with Gasteiger partial charge in [-0.05, 0) is 36.5 Å². The summed E-state index contributed by atoms with van der Waals surface area (Å²) in [6, 6.07) is 17.1. The molecule has 1 aliphatic heterocycles. The largest absolute Gasteiger partial charge is 0.486 e. The van der Waals surface area contributed by atoms with Gasteiger partial charge in [0.1, 0.15) is 18.2 Å². The maximum Gasteiger partial charge on any atom is 0.161 e. The van der Waals surface area contributed by atoms with Crippen molar-refractivity contribution in [3.05, 3.63) is 65.2 Å². The number of fused-ring (bicyclic) bond motifs is 1. The first-order chi connectivity index (χ1) is 13.4. The highest BCUT2D eigenvalue weighted by molar-refractivity contribution is 7.15. The zero-order valence-electron chi connectivity index (χ0n) is 15.1. The van der Waals surface area contributed by atoms with Crippen molar-refractivity contribution in [2.75, 3.05) is 13.2 Å². The van der Waals surface area contributed by atoms with Gasteiger partial charge in [-0.1, -0.05) is 36.4 Å². The molecule has 2 heterocycles. The normalized spacial score (nSPS) is 16.9. The third-order valence-corrected chi connectivity index (χ3v) is 6.14. The molecule has 1 fully saturated rings. The van der Waals surface area contributed by atoms with Crippen LogP contribution in [0.25, 0.3) is 10.6 Å². The van der Waals surface area contributed by atoms with E-state index in [-0.39, 0.29) is 0 Å². The fraction of sp³-hybridized carbons (Fsp3) is 0.318. The average Bonchev–Trinajstić information content (AvgIpc) is 3.45. The van der Waals surface area contributed by atoms with E-state index in [9.17, 15) is 0 Å². The van der Waals surface area contributed by atoms with Gasteiger partial charge in [-0.25, -0.2) is 4.98 Å². The summed E-state index contributed by atoms with van der Waals surface area (Å²) < 4.78 is 11.4. The molecule has 0 spiro atoms. The number of benzene rings is 2. The molecule has 4 nitrogen and oxygen atoms in total. The molecule has 1 N–H and O–H groups in total. The highest BCUT2D eigenvalue weighted by Gasteiger charge is 2.32. The van der Waals surface area contributed by atoms with E-state index in [4.69, 9.17) is 9.47 Å². The van der Waals surface area contributed by atoms with Crippen LogP contribution in [0, 0.1) is 5.92 Å². The molecule has 1 unspecified atom stereocenters. The van der Waals surface area contributed by atoms with Crippen LogP contribution in [0.15, 0.2) is 54.7 Å². The van der Waals surface area contributed by atoms with Crippen LogP contribution in [0.3, 0.4) is 0 Å². The maximum absolute atomic E-state index is 5.77. The van der Waals surface area contributed by atoms with Gasteiger partial charge in [-0.2, -0.15) is 0 Å². The summed E-state index contributed by atoms with van der Waals surface area (Å²) in [5.74, 6) is 2.43. The van der Waals surface area contributed by atoms with Crippen molar-refractivity contribution in [1.82, 2.24) is 10.3 Å². The predicted molar refractivity (Wildman–Crippen MR) is 107 cm³/mol. The minimum absolute atomic E-state index is 0.350. The minimum Gasteiger partial charge on any atom is -0.486 e. The van der Waals surface area contributed by atoms with Crippen LogP contribution < -0.4 is 14.8 Å². The Morgan fingerprint density at radius 2 is 1.85 bits per heavy atom. The van der Waals surface area contributed by atoms with Gasteiger partial charge in [0.05, 0.1) is 0 Å². The minimum atomic E-state index is 0.350. The first kappa shape index (κ1) is 16.8. The SMILES string of the molecule is c1ccc(-c2ncc(CNC(c3ccc4c(c3)OCCO4)C3CC3)s2)cc1. The molecule has 1 aromatic heterocycles. The van der Waals surface area contributed by atoms with Crippen LogP contribution in [-0.4, -0.2) is 18.2 Å². The smallest absolute Gasteiger partial charge is 0.161 e. The number of nitrogens with one attached hydrogen (secondary N) is 1. The Kier molecular flexibility index (Phi) is 4.56. The van der Waals surface area contributed by atoms with Gasteiger partial charge >= 0.3 is 0 Å². The average molecular weight is 378 g/mol. The van der Waals surface area contributed by atoms with Gasteiger partial charge < -0.3 is 14.8 Å². The molecule has 5 heteroatoms. The monoisotopic (exact) mass is 378 g/mol. The molecular formula is C22H22N2O2S. The highest BCUT2D eigenvalue weighted by Crippen LogP contribution is 2.43. The van der Waals surface area contributed by atoms with Crippen LogP contribution in [0.2, 0.25) is 0 Å². The van der Waals surface area contributed by atoms with Gasteiger partial charge in [0.2, 0.25) is 0 Å². The van der Waals surface area contributed by atoms with E-state index in [0.29, 0.717) is 25.2 Å². The summed E-state index contributed by atoms with van der Waals surface area (Å²) in [4.78, 5) is 5.86. The van der Waals surface area contributed by atoms with E-state index < -0.39 is 0 Å². The number of aromatic nitrogens is 1. The molecule has 0 bridgehead atoms. The molecule has 1 saturated carbocycles. The van der Waals surface area contributed by atoms with Crippen molar-refractivity contribution in [2.45, 2.75) is 25.4 Å². The Balaban J connectivity index is 1.31. The summed E-state index contributed by atoms with van der Waals surface area (Å²) in [6.45, 7) is 2.09. The Bertz CT molecular complexity index is 921. The molecular weight excluding hydrogens is 356 g/mol. The predicted octanol–water partition coefficient (Wildman–Crippen LogP) is 4.82. The molecule has 2 aliphatic rings. The lowest BCUT2D eigenvalue weighted by molar-refractivity contribution is 0.171. The quantitative estimate of drug-likeness (QED) is 0.668. The number of hydrogen-bond acceptors (Lipinski definition) is 5. The maximum atomic E-state index is 5.77. The lowest BCUT2D eigenvalue weighted by atomic mass is 10.0. The molecule has 2 aromatic carbocycles. The first-order valence-corrected chi connectivity index (χ1v) is 10.3. The fourth-order valence-corrected chi connectivity index (χ4v) is 4.42. The topological polar surface area (TPSA) is 43.4 Å². The standard InChI is InChI=1S/C22H22N2O2S/c1-2-4-16(5-3-1)22-24-14-18(27-22)13-23-21(15-6-7-15)17-8-9-19-20(12-17)26-11-10-25-19/h1-5,8-9,12,14-15,21,23H,6-7,10-11,13H2. The van der Waals surface area contributed by atoms with Crippen molar-refractivity contribution in [2.24, 2.45) is 5.92 Å². The zero-order valence-corrected chi connectivity index (χ0v) is 15.9. The molecule has 138 valence electrons. The second kappa shape index (κ2) is 7.33. The van der Waals surface area contributed by atoms with Crippen LogP contribution in [0.5, 0.6) is 11.5 Å². The van der Waals surface area contributed by atoms with E-state index in [1.165, 1.54) is 28.8 Å². The Labute approximate surface area is 163 Å². The number of nitrogens with zero attached hydrogens (tertiary/aromatic N) is 1. The van der Waals surface area contributed by atoms with Gasteiger partial charge in [-0.3, -0.25) is 0 Å². The summed E-state index contributed by atoms with van der Waals surface area (Å²) in [5.41, 5.74) is 2.47. The van der Waals surface area contributed by atoms with Crippen molar-refractivity contribution < 1.29 is 9.47 Å². The summed E-state index contributed by atoms with van der Waals surface area (Å²) in [7, 11) is 0. The lowest BCUT2D eigenvalue weighted by Gasteiger charge is -2.23. The second-order valence-corrected chi connectivity index (χ2v) is 8.21. The molecule has 1 atom stereocenters. The number of rotatable bonds is 6. The van der Waals surface area contributed by atoms with Gasteiger partial charge in [-0.15, -0.1) is 11.3 Å². The molecule has 3 aromatic rings. The van der Waals surface area contributed by atoms with Crippen LogP contribution in [0.1, 0.15) is 29.3 Å². The zero-order chi connectivity index (χ0) is 18.1. The summed E-state index contributed by atoms with van der Waals surface area (Å²) in [6.07, 6.45) is 4.56. The summed E-state index contributed by atoms with van der Waals surface area (Å²) in [5, 5.41) is 4.84. The van der Waals surface area contributed by atoms with Gasteiger partial charge in [0.25, 0.3) is 0 Å². The van der Waals surface area contributed by atoms with Crippen LogP contribution in [0.4, 0.5) is 0 Å². The van der Waals surface area contributed by atoms with Crippen molar-refractivity contribution >= 4 is 11.3 Å². The molecule has 0 radical (unpaired) electrons. The Morgan fingerprint density at radius 1 is 1.04 bits per heavy atom. The van der Waals surface area contributed by atoms with E-state index in [1.54, 1.807) is 11.3 Å². The molecule has 5 rings (SSSR count). The van der Waals surface area contributed by atoms with E-state index in [2.05, 4.69) is 46.7 Å². The molecule has 0 amide bonds. The second-order valence-electron chi connectivity index (χ2n) is 7.10. The molecule has 1 aliphatic carbocycles. The van der Waals surface area contributed by atoms with Gasteiger partial charge in [0, 0.05) is 29.2 Å². The van der Waals surface area contributed by atoms with E-state index >= 15 is 0 Å². The Hall–Kier alpha value is -2.37. The van der Waals surface area contributed by atoms with Crippen molar-refractivity contribution in [1.29, 1.82) is 0 Å². The molecule has 27 heavy (non-hydrogen) atoms.